The lowest BCUT2D eigenvalue weighted by molar-refractivity contribution is 1.33. The largest absolute Gasteiger partial charge is 0.330 e. The highest BCUT2D eigenvalue weighted by atomic mass is 32.2. The number of nitrogens with zero attached hydrogens (tertiary/aromatic N) is 1. The van der Waals surface area contributed by atoms with Gasteiger partial charge < -0.3 is 4.72 Å². The molecule has 2 nitrogen and oxygen atoms in total. The van der Waals surface area contributed by atoms with E-state index < -0.39 is 0 Å². The van der Waals surface area contributed by atoms with Crippen LogP contribution in [0.3, 0.4) is 0 Å². The third-order valence-corrected chi connectivity index (χ3v) is 1.68. The van der Waals surface area contributed by atoms with Gasteiger partial charge in [0.2, 0.25) is 0 Å². The first kappa shape index (κ1) is 7.41. The summed E-state index contributed by atoms with van der Waals surface area (Å²) in [5.74, 6) is 1.07. The minimum Gasteiger partial charge on any atom is -0.330 e. The van der Waals surface area contributed by atoms with Crippen molar-refractivity contribution < 1.29 is 0 Å². The van der Waals surface area contributed by atoms with Gasteiger partial charge in [0.05, 0.1) is 0 Å². The van der Waals surface area contributed by atoms with E-state index in [1.165, 1.54) is 0 Å². The number of hydrogen-bond donors (Lipinski definition) is 1. The molecule has 0 unspecified atom stereocenters. The Hall–Kier alpha value is -0.700. The van der Waals surface area contributed by atoms with Crippen LogP contribution in [-0.2, 0) is 0 Å². The van der Waals surface area contributed by atoms with Gasteiger partial charge in [-0.1, -0.05) is 18.9 Å². The van der Waals surface area contributed by atoms with Crippen LogP contribution in [0.4, 0.5) is 5.69 Å². The van der Waals surface area contributed by atoms with Crippen LogP contribution >= 0.6 is 11.9 Å². The summed E-state index contributed by atoms with van der Waals surface area (Å²) in [7, 11) is 0. The fourth-order valence-corrected chi connectivity index (χ4v) is 1.02. The van der Waals surface area contributed by atoms with Crippen molar-refractivity contribution in [1.82, 2.24) is 4.98 Å². The number of rotatable bonds is 3. The molecule has 0 saturated carbocycles. The lowest BCUT2D eigenvalue weighted by Gasteiger charge is -2.00. The van der Waals surface area contributed by atoms with Gasteiger partial charge in [-0.15, -0.1) is 0 Å². The molecule has 54 valence electrons. The molecule has 0 saturated heterocycles. The van der Waals surface area contributed by atoms with E-state index in [1.807, 2.05) is 12.1 Å². The Balaban J connectivity index is 2.43. The summed E-state index contributed by atoms with van der Waals surface area (Å²) in [5.41, 5.74) is 1.11. The van der Waals surface area contributed by atoms with Crippen molar-refractivity contribution in [3.8, 4) is 0 Å². The third kappa shape index (κ3) is 2.27. The number of aromatic nitrogens is 1. The Labute approximate surface area is 65.2 Å². The fraction of sp³-hybridized carbons (Fsp3) is 0.286. The minimum absolute atomic E-state index is 1.07. The molecule has 3 heteroatoms. The van der Waals surface area contributed by atoms with Gasteiger partial charge >= 0.3 is 0 Å². The van der Waals surface area contributed by atoms with E-state index in [0.29, 0.717) is 0 Å². The summed E-state index contributed by atoms with van der Waals surface area (Å²) in [6.07, 6.45) is 3.55. The molecule has 0 spiro atoms. The SMILES string of the molecule is CCSNc1ccncc1. The summed E-state index contributed by atoms with van der Waals surface area (Å²) >= 11 is 1.68. The smallest absolute Gasteiger partial charge is 0.0470 e. The van der Waals surface area contributed by atoms with Crippen LogP contribution in [0.5, 0.6) is 0 Å². The van der Waals surface area contributed by atoms with E-state index in [0.717, 1.165) is 11.4 Å². The van der Waals surface area contributed by atoms with E-state index >= 15 is 0 Å². The van der Waals surface area contributed by atoms with E-state index in [9.17, 15) is 0 Å². The number of anilines is 1. The number of nitrogens with one attached hydrogen (secondary N) is 1. The molecular formula is C7H10N2S. The van der Waals surface area contributed by atoms with Gasteiger partial charge in [-0.05, 0) is 12.1 Å². The second kappa shape index (κ2) is 4.17. The molecule has 0 fully saturated rings. The van der Waals surface area contributed by atoms with Crippen LogP contribution in [0.1, 0.15) is 6.92 Å². The highest BCUT2D eigenvalue weighted by Gasteiger charge is 1.85. The standard InChI is InChI=1S/C7H10N2S/c1-2-10-9-7-3-5-8-6-4-7/h3-6H,2H2,1H3,(H,8,9). The van der Waals surface area contributed by atoms with E-state index in [2.05, 4.69) is 16.6 Å². The lowest BCUT2D eigenvalue weighted by atomic mass is 10.4. The van der Waals surface area contributed by atoms with Gasteiger partial charge in [0.15, 0.2) is 0 Å². The second-order valence-electron chi connectivity index (χ2n) is 1.77. The summed E-state index contributed by atoms with van der Waals surface area (Å²) in [4.78, 5) is 3.90. The molecule has 0 aromatic carbocycles. The van der Waals surface area contributed by atoms with E-state index in [1.54, 1.807) is 24.3 Å². The van der Waals surface area contributed by atoms with Crippen LogP contribution < -0.4 is 4.72 Å². The predicted molar refractivity (Wildman–Crippen MR) is 46.0 cm³/mol. The van der Waals surface area contributed by atoms with Crippen molar-refractivity contribution in [1.29, 1.82) is 0 Å². The molecule has 0 radical (unpaired) electrons. The maximum Gasteiger partial charge on any atom is 0.0470 e. The molecule has 0 aliphatic rings. The van der Waals surface area contributed by atoms with Crippen LogP contribution in [0.25, 0.3) is 0 Å². The Morgan fingerprint density at radius 2 is 2.20 bits per heavy atom. The van der Waals surface area contributed by atoms with Crippen molar-refractivity contribution in [3.05, 3.63) is 24.5 Å². The predicted octanol–water partition coefficient (Wildman–Crippen LogP) is 2.16. The third-order valence-electron chi connectivity index (χ3n) is 1.01. The van der Waals surface area contributed by atoms with E-state index in [-0.39, 0.29) is 0 Å². The maximum absolute atomic E-state index is 3.90. The summed E-state index contributed by atoms with van der Waals surface area (Å²) in [6, 6.07) is 3.89. The zero-order valence-electron chi connectivity index (χ0n) is 5.87. The molecule has 0 amide bonds. The molecule has 0 aliphatic heterocycles. The Kier molecular flexibility index (Phi) is 3.09. The molecule has 0 aliphatic carbocycles. The first-order valence-corrected chi connectivity index (χ1v) is 4.20. The first-order chi connectivity index (χ1) is 4.93. The quantitative estimate of drug-likeness (QED) is 0.675. The number of pyridine rings is 1. The van der Waals surface area contributed by atoms with Gasteiger partial charge in [-0.3, -0.25) is 4.98 Å². The molecule has 0 atom stereocenters. The average Bonchev–Trinajstić information content (AvgIpc) is 2.03. The summed E-state index contributed by atoms with van der Waals surface area (Å²) in [6.45, 7) is 2.11. The zero-order valence-corrected chi connectivity index (χ0v) is 6.69. The maximum atomic E-state index is 3.90. The zero-order chi connectivity index (χ0) is 7.23. The molecule has 10 heavy (non-hydrogen) atoms. The lowest BCUT2D eigenvalue weighted by Crippen LogP contribution is -1.85. The average molecular weight is 154 g/mol. The van der Waals surface area contributed by atoms with Crippen LogP contribution in [-0.4, -0.2) is 10.7 Å². The van der Waals surface area contributed by atoms with Crippen molar-refractivity contribution in [2.24, 2.45) is 0 Å². The van der Waals surface area contributed by atoms with Crippen molar-refractivity contribution >= 4 is 17.6 Å². The Morgan fingerprint density at radius 1 is 1.50 bits per heavy atom. The highest BCUT2D eigenvalue weighted by molar-refractivity contribution is 8.00. The van der Waals surface area contributed by atoms with Gasteiger partial charge in [0.1, 0.15) is 0 Å². The monoisotopic (exact) mass is 154 g/mol. The molecule has 1 heterocycles. The topological polar surface area (TPSA) is 24.9 Å². The molecule has 1 aromatic heterocycles. The molecule has 1 N–H and O–H groups in total. The van der Waals surface area contributed by atoms with Crippen molar-refractivity contribution in [2.45, 2.75) is 6.92 Å². The van der Waals surface area contributed by atoms with Gasteiger partial charge in [-0.25, -0.2) is 0 Å². The molecule has 1 aromatic rings. The van der Waals surface area contributed by atoms with Gasteiger partial charge in [0.25, 0.3) is 0 Å². The van der Waals surface area contributed by atoms with Gasteiger partial charge in [0, 0.05) is 23.8 Å². The van der Waals surface area contributed by atoms with Crippen molar-refractivity contribution in [3.63, 3.8) is 0 Å². The van der Waals surface area contributed by atoms with Crippen LogP contribution in [0, 0.1) is 0 Å². The van der Waals surface area contributed by atoms with E-state index in [4.69, 9.17) is 0 Å². The Morgan fingerprint density at radius 3 is 2.80 bits per heavy atom. The normalized spacial score (nSPS) is 9.30. The minimum atomic E-state index is 1.07. The van der Waals surface area contributed by atoms with Gasteiger partial charge in [-0.2, -0.15) is 0 Å². The van der Waals surface area contributed by atoms with Crippen LogP contribution in [0.15, 0.2) is 24.5 Å². The first-order valence-electron chi connectivity index (χ1n) is 3.21. The number of hydrogen-bond acceptors (Lipinski definition) is 3. The fourth-order valence-electron chi connectivity index (χ4n) is 0.575. The molecular weight excluding hydrogens is 144 g/mol. The second-order valence-corrected chi connectivity index (χ2v) is 2.84. The summed E-state index contributed by atoms with van der Waals surface area (Å²) < 4.78 is 3.17. The highest BCUT2D eigenvalue weighted by Crippen LogP contribution is 2.09. The van der Waals surface area contributed by atoms with Crippen molar-refractivity contribution in [2.75, 3.05) is 10.5 Å². The summed E-state index contributed by atoms with van der Waals surface area (Å²) in [5, 5.41) is 0. The molecule has 1 rings (SSSR count). The Bertz CT molecular complexity index is 176. The van der Waals surface area contributed by atoms with Crippen LogP contribution in [0.2, 0.25) is 0 Å². The molecule has 0 bridgehead atoms.